The maximum Gasteiger partial charge on any atom is 0.308 e. The fourth-order valence-corrected chi connectivity index (χ4v) is 2.52. The van der Waals surface area contributed by atoms with Crippen molar-refractivity contribution in [1.29, 1.82) is 0 Å². The average molecular weight is 301 g/mol. The normalized spacial score (nSPS) is 17.6. The molecule has 1 aromatic heterocycles. The second kappa shape index (κ2) is 5.92. The van der Waals surface area contributed by atoms with Crippen molar-refractivity contribution in [3.05, 3.63) is 36.2 Å². The lowest BCUT2D eigenvalue weighted by Crippen LogP contribution is -2.31. The number of hydrogen-bond acceptors (Lipinski definition) is 5. The minimum atomic E-state index is -0.832. The summed E-state index contributed by atoms with van der Waals surface area (Å²) in [6.45, 7) is 0.815. The lowest BCUT2D eigenvalue weighted by Gasteiger charge is -2.15. The standard InChI is InChI=1S/C14H15N5O3/c20-13(18-6-5-11(8-18)14(21)22)7-10-1-3-12(4-2-10)19-9-15-16-17-19/h1-4,9,11H,5-8H2,(H,21,22)/t11-/m1/s1. The summed E-state index contributed by atoms with van der Waals surface area (Å²) in [5, 5.41) is 19.9. The smallest absolute Gasteiger partial charge is 0.308 e. The van der Waals surface area contributed by atoms with Gasteiger partial charge in [-0.25, -0.2) is 4.68 Å². The molecule has 22 heavy (non-hydrogen) atoms. The van der Waals surface area contributed by atoms with E-state index in [1.54, 1.807) is 4.90 Å². The molecule has 3 rings (SSSR count). The van der Waals surface area contributed by atoms with Crippen LogP contribution in [0.2, 0.25) is 0 Å². The first-order chi connectivity index (χ1) is 10.6. The van der Waals surface area contributed by atoms with Crippen LogP contribution >= 0.6 is 0 Å². The van der Waals surface area contributed by atoms with Crippen LogP contribution in [0.15, 0.2) is 30.6 Å². The van der Waals surface area contributed by atoms with Crippen molar-refractivity contribution in [1.82, 2.24) is 25.1 Å². The third-order valence-corrected chi connectivity index (χ3v) is 3.80. The molecule has 0 radical (unpaired) electrons. The molecular weight excluding hydrogens is 286 g/mol. The number of aromatic nitrogens is 4. The van der Waals surface area contributed by atoms with E-state index < -0.39 is 11.9 Å². The Kier molecular flexibility index (Phi) is 3.82. The van der Waals surface area contributed by atoms with Gasteiger partial charge in [-0.3, -0.25) is 9.59 Å². The molecule has 1 amide bonds. The van der Waals surface area contributed by atoms with Gasteiger partial charge in [0.15, 0.2) is 0 Å². The van der Waals surface area contributed by atoms with E-state index in [9.17, 15) is 9.59 Å². The summed E-state index contributed by atoms with van der Waals surface area (Å²) in [7, 11) is 0. The summed E-state index contributed by atoms with van der Waals surface area (Å²) in [5.41, 5.74) is 1.69. The predicted molar refractivity (Wildman–Crippen MR) is 75.2 cm³/mol. The van der Waals surface area contributed by atoms with Crippen molar-refractivity contribution in [2.75, 3.05) is 13.1 Å². The van der Waals surface area contributed by atoms with E-state index in [-0.39, 0.29) is 12.3 Å². The summed E-state index contributed by atoms with van der Waals surface area (Å²) >= 11 is 0. The lowest BCUT2D eigenvalue weighted by molar-refractivity contribution is -0.141. The summed E-state index contributed by atoms with van der Waals surface area (Å²) in [6, 6.07) is 7.37. The Balaban J connectivity index is 1.61. The molecule has 0 saturated carbocycles. The second-order valence-corrected chi connectivity index (χ2v) is 5.26. The van der Waals surface area contributed by atoms with Crippen LogP contribution in [-0.2, 0) is 16.0 Å². The van der Waals surface area contributed by atoms with Crippen LogP contribution in [0.3, 0.4) is 0 Å². The molecule has 8 heteroatoms. The fourth-order valence-electron chi connectivity index (χ4n) is 2.52. The van der Waals surface area contributed by atoms with Crippen LogP contribution < -0.4 is 0 Å². The van der Waals surface area contributed by atoms with Crippen LogP contribution in [0.5, 0.6) is 0 Å². The SMILES string of the molecule is O=C(O)[C@@H]1CCN(C(=O)Cc2ccc(-n3cnnn3)cc2)C1. The molecule has 1 saturated heterocycles. The minimum Gasteiger partial charge on any atom is -0.481 e. The Morgan fingerprint density at radius 1 is 1.27 bits per heavy atom. The van der Waals surface area contributed by atoms with Crippen LogP contribution in [0.25, 0.3) is 5.69 Å². The number of rotatable bonds is 4. The largest absolute Gasteiger partial charge is 0.481 e. The van der Waals surface area contributed by atoms with Crippen molar-refractivity contribution in [2.24, 2.45) is 5.92 Å². The van der Waals surface area contributed by atoms with Gasteiger partial charge in [-0.15, -0.1) is 5.10 Å². The molecule has 114 valence electrons. The topological polar surface area (TPSA) is 101 Å². The molecular formula is C14H15N5O3. The molecule has 1 aliphatic heterocycles. The maximum absolute atomic E-state index is 12.2. The van der Waals surface area contributed by atoms with Crippen molar-refractivity contribution in [2.45, 2.75) is 12.8 Å². The van der Waals surface area contributed by atoms with Gasteiger partial charge in [0.2, 0.25) is 5.91 Å². The minimum absolute atomic E-state index is 0.0427. The molecule has 2 heterocycles. The van der Waals surface area contributed by atoms with E-state index in [4.69, 9.17) is 5.11 Å². The lowest BCUT2D eigenvalue weighted by atomic mass is 10.1. The molecule has 0 bridgehead atoms. The number of carboxylic acid groups (broad SMARTS) is 1. The summed E-state index contributed by atoms with van der Waals surface area (Å²) in [5.74, 6) is -1.31. The molecule has 0 unspecified atom stereocenters. The highest BCUT2D eigenvalue weighted by atomic mass is 16.4. The van der Waals surface area contributed by atoms with Gasteiger partial charge in [0.25, 0.3) is 0 Å². The highest BCUT2D eigenvalue weighted by Crippen LogP contribution is 2.18. The van der Waals surface area contributed by atoms with Crippen LogP contribution in [0.4, 0.5) is 0 Å². The molecule has 1 fully saturated rings. The molecule has 0 spiro atoms. The van der Waals surface area contributed by atoms with Gasteiger partial charge >= 0.3 is 5.97 Å². The number of tetrazole rings is 1. The number of benzene rings is 1. The highest BCUT2D eigenvalue weighted by molar-refractivity contribution is 5.80. The van der Waals surface area contributed by atoms with Gasteiger partial charge in [-0.05, 0) is 34.5 Å². The molecule has 2 aromatic rings. The zero-order chi connectivity index (χ0) is 15.5. The number of likely N-dealkylation sites (tertiary alicyclic amines) is 1. The van der Waals surface area contributed by atoms with E-state index in [1.165, 1.54) is 11.0 Å². The number of nitrogens with zero attached hydrogens (tertiary/aromatic N) is 5. The van der Waals surface area contributed by atoms with Gasteiger partial charge < -0.3 is 10.0 Å². The number of carbonyl (C=O) groups is 2. The maximum atomic E-state index is 12.2. The Hall–Kier alpha value is -2.77. The number of amides is 1. The van der Waals surface area contributed by atoms with Gasteiger partial charge in [-0.1, -0.05) is 12.1 Å². The molecule has 1 atom stereocenters. The van der Waals surface area contributed by atoms with E-state index in [0.29, 0.717) is 19.5 Å². The predicted octanol–water partition coefficient (Wildman–Crippen LogP) is 0.138. The third-order valence-electron chi connectivity index (χ3n) is 3.80. The molecule has 8 nitrogen and oxygen atoms in total. The molecule has 1 aliphatic rings. The van der Waals surface area contributed by atoms with Crippen molar-refractivity contribution < 1.29 is 14.7 Å². The quantitative estimate of drug-likeness (QED) is 0.862. The third kappa shape index (κ3) is 2.95. The fraction of sp³-hybridized carbons (Fsp3) is 0.357. The van der Waals surface area contributed by atoms with E-state index >= 15 is 0 Å². The molecule has 0 aliphatic carbocycles. The Labute approximate surface area is 126 Å². The molecule has 1 N–H and O–H groups in total. The van der Waals surface area contributed by atoms with Gasteiger partial charge in [0.05, 0.1) is 18.0 Å². The first-order valence-corrected chi connectivity index (χ1v) is 6.96. The molecule has 1 aromatic carbocycles. The highest BCUT2D eigenvalue weighted by Gasteiger charge is 2.30. The Morgan fingerprint density at radius 2 is 2.05 bits per heavy atom. The number of aliphatic carboxylic acids is 1. The first-order valence-electron chi connectivity index (χ1n) is 6.96. The van der Waals surface area contributed by atoms with E-state index in [2.05, 4.69) is 15.5 Å². The summed E-state index contributed by atoms with van der Waals surface area (Å²) in [4.78, 5) is 24.7. The number of carboxylic acids is 1. The van der Waals surface area contributed by atoms with Crippen molar-refractivity contribution in [3.8, 4) is 5.69 Å². The number of carbonyl (C=O) groups excluding carboxylic acids is 1. The Bertz CT molecular complexity index is 668. The second-order valence-electron chi connectivity index (χ2n) is 5.26. The van der Waals surface area contributed by atoms with E-state index in [0.717, 1.165) is 11.3 Å². The number of hydrogen-bond donors (Lipinski definition) is 1. The van der Waals surface area contributed by atoms with Gasteiger partial charge in [-0.2, -0.15) is 0 Å². The zero-order valence-electron chi connectivity index (χ0n) is 11.8. The summed E-state index contributed by atoms with van der Waals surface area (Å²) < 4.78 is 1.53. The summed E-state index contributed by atoms with van der Waals surface area (Å²) in [6.07, 6.45) is 2.29. The van der Waals surface area contributed by atoms with Crippen molar-refractivity contribution >= 4 is 11.9 Å². The van der Waals surface area contributed by atoms with E-state index in [1.807, 2.05) is 24.3 Å². The van der Waals surface area contributed by atoms with Crippen LogP contribution in [0, 0.1) is 5.92 Å². The van der Waals surface area contributed by atoms with Crippen LogP contribution in [0.1, 0.15) is 12.0 Å². The average Bonchev–Trinajstić information content (AvgIpc) is 3.20. The van der Waals surface area contributed by atoms with Crippen LogP contribution in [-0.4, -0.2) is 55.2 Å². The monoisotopic (exact) mass is 301 g/mol. The Morgan fingerprint density at radius 3 is 2.64 bits per heavy atom. The first kappa shape index (κ1) is 14.2. The van der Waals surface area contributed by atoms with Gasteiger partial charge in [0, 0.05) is 13.1 Å². The van der Waals surface area contributed by atoms with Crippen molar-refractivity contribution in [3.63, 3.8) is 0 Å². The zero-order valence-corrected chi connectivity index (χ0v) is 11.8. The van der Waals surface area contributed by atoms with Gasteiger partial charge in [0.1, 0.15) is 6.33 Å².